The molecule has 4 amide bonds. The topological polar surface area (TPSA) is 122 Å². The molecule has 3 aromatic rings. The SMILES string of the molecule is COc1cc(/C=C2\C(=O)NC(=O)N(c3ccccc3C)C2=O)ccc1OCc1cccc(C(=O)O)c1. The van der Waals surface area contributed by atoms with Crippen LogP contribution in [0, 0.1) is 6.92 Å². The summed E-state index contributed by atoms with van der Waals surface area (Å²) in [5.41, 5.74) is 2.16. The van der Waals surface area contributed by atoms with Crippen molar-refractivity contribution in [1.82, 2.24) is 5.32 Å². The molecule has 182 valence electrons. The van der Waals surface area contributed by atoms with E-state index in [1.165, 1.54) is 25.3 Å². The number of barbiturate groups is 1. The van der Waals surface area contributed by atoms with Crippen LogP contribution in [0.3, 0.4) is 0 Å². The first kappa shape index (κ1) is 24.2. The van der Waals surface area contributed by atoms with Gasteiger partial charge < -0.3 is 14.6 Å². The van der Waals surface area contributed by atoms with Crippen LogP contribution in [0.5, 0.6) is 11.5 Å². The molecule has 0 unspecified atom stereocenters. The van der Waals surface area contributed by atoms with Gasteiger partial charge in [-0.05, 0) is 60.0 Å². The molecule has 0 spiro atoms. The molecule has 0 aromatic heterocycles. The van der Waals surface area contributed by atoms with Gasteiger partial charge in [0.1, 0.15) is 12.2 Å². The van der Waals surface area contributed by atoms with Gasteiger partial charge in [-0.15, -0.1) is 0 Å². The lowest BCUT2D eigenvalue weighted by molar-refractivity contribution is -0.122. The third-order valence-corrected chi connectivity index (χ3v) is 5.52. The number of imide groups is 2. The summed E-state index contributed by atoms with van der Waals surface area (Å²) < 4.78 is 11.2. The van der Waals surface area contributed by atoms with Gasteiger partial charge in [-0.1, -0.05) is 36.4 Å². The Labute approximate surface area is 206 Å². The van der Waals surface area contributed by atoms with Gasteiger partial charge in [-0.2, -0.15) is 0 Å². The predicted molar refractivity (Wildman–Crippen MR) is 131 cm³/mol. The van der Waals surface area contributed by atoms with Crippen molar-refractivity contribution in [3.8, 4) is 11.5 Å². The smallest absolute Gasteiger partial charge is 0.335 e. The number of nitrogens with zero attached hydrogens (tertiary/aromatic N) is 1. The first-order valence-corrected chi connectivity index (χ1v) is 10.9. The maximum Gasteiger partial charge on any atom is 0.335 e. The quantitative estimate of drug-likeness (QED) is 0.383. The molecule has 3 aromatic carbocycles. The van der Waals surface area contributed by atoms with Crippen molar-refractivity contribution in [1.29, 1.82) is 0 Å². The number of urea groups is 1. The van der Waals surface area contributed by atoms with E-state index >= 15 is 0 Å². The first-order valence-electron chi connectivity index (χ1n) is 10.9. The molecule has 0 saturated carbocycles. The normalized spacial score (nSPS) is 14.6. The number of carbonyl (C=O) groups excluding carboxylic acids is 3. The number of ether oxygens (including phenoxy) is 2. The van der Waals surface area contributed by atoms with Crippen LogP contribution in [-0.4, -0.2) is 36.0 Å². The number of anilines is 1. The average Bonchev–Trinajstić information content (AvgIpc) is 2.86. The molecule has 9 nitrogen and oxygen atoms in total. The second kappa shape index (κ2) is 10.1. The van der Waals surface area contributed by atoms with Gasteiger partial charge in [0.2, 0.25) is 0 Å². The zero-order valence-electron chi connectivity index (χ0n) is 19.5. The number of aryl methyl sites for hydroxylation is 1. The van der Waals surface area contributed by atoms with Crippen LogP contribution < -0.4 is 19.7 Å². The lowest BCUT2D eigenvalue weighted by Gasteiger charge is -2.27. The Hall–Kier alpha value is -4.92. The number of hydrogen-bond donors (Lipinski definition) is 2. The number of hydrogen-bond acceptors (Lipinski definition) is 6. The summed E-state index contributed by atoms with van der Waals surface area (Å²) in [4.78, 5) is 50.2. The lowest BCUT2D eigenvalue weighted by Crippen LogP contribution is -2.54. The number of carboxylic acids is 1. The molecule has 9 heteroatoms. The average molecular weight is 486 g/mol. The van der Waals surface area contributed by atoms with E-state index in [2.05, 4.69) is 5.32 Å². The van der Waals surface area contributed by atoms with Gasteiger partial charge in [0, 0.05) is 0 Å². The van der Waals surface area contributed by atoms with Crippen molar-refractivity contribution in [3.05, 3.63) is 94.6 Å². The van der Waals surface area contributed by atoms with Gasteiger partial charge in [-0.3, -0.25) is 14.9 Å². The largest absolute Gasteiger partial charge is 0.493 e. The fraction of sp³-hybridized carbons (Fsp3) is 0.111. The molecule has 1 aliphatic heterocycles. The van der Waals surface area contributed by atoms with Crippen LogP contribution in [0.4, 0.5) is 10.5 Å². The van der Waals surface area contributed by atoms with Crippen LogP contribution in [0.1, 0.15) is 27.0 Å². The molecule has 1 heterocycles. The van der Waals surface area contributed by atoms with E-state index in [1.807, 2.05) is 0 Å². The van der Waals surface area contributed by atoms with E-state index in [0.717, 1.165) is 4.90 Å². The monoisotopic (exact) mass is 486 g/mol. The number of rotatable bonds is 7. The number of carbonyl (C=O) groups is 4. The minimum atomic E-state index is -1.03. The maximum absolute atomic E-state index is 13.1. The van der Waals surface area contributed by atoms with Crippen molar-refractivity contribution < 1.29 is 33.8 Å². The van der Waals surface area contributed by atoms with E-state index in [4.69, 9.17) is 14.6 Å². The molecular weight excluding hydrogens is 464 g/mol. The number of benzene rings is 3. The van der Waals surface area contributed by atoms with Crippen LogP contribution >= 0.6 is 0 Å². The Morgan fingerprint density at radius 2 is 1.78 bits per heavy atom. The molecule has 0 atom stereocenters. The summed E-state index contributed by atoms with van der Waals surface area (Å²) in [5.74, 6) is -1.84. The van der Waals surface area contributed by atoms with Crippen molar-refractivity contribution in [2.45, 2.75) is 13.5 Å². The number of carboxylic acid groups (broad SMARTS) is 1. The summed E-state index contributed by atoms with van der Waals surface area (Å²) in [6.07, 6.45) is 1.37. The van der Waals surface area contributed by atoms with E-state index in [-0.39, 0.29) is 17.7 Å². The summed E-state index contributed by atoms with van der Waals surface area (Å²) in [7, 11) is 1.45. The highest BCUT2D eigenvalue weighted by molar-refractivity contribution is 6.39. The zero-order chi connectivity index (χ0) is 25.8. The second-order valence-corrected chi connectivity index (χ2v) is 7.95. The van der Waals surface area contributed by atoms with Crippen LogP contribution in [0.2, 0.25) is 0 Å². The summed E-state index contributed by atoms with van der Waals surface area (Å²) in [6.45, 7) is 1.86. The lowest BCUT2D eigenvalue weighted by atomic mass is 10.1. The highest BCUT2D eigenvalue weighted by atomic mass is 16.5. The fourth-order valence-electron chi connectivity index (χ4n) is 3.71. The summed E-state index contributed by atoms with van der Waals surface area (Å²) in [5, 5.41) is 11.4. The van der Waals surface area contributed by atoms with Crippen molar-refractivity contribution in [3.63, 3.8) is 0 Å². The predicted octanol–water partition coefficient (Wildman–Crippen LogP) is 3.95. The van der Waals surface area contributed by atoms with Crippen LogP contribution in [-0.2, 0) is 16.2 Å². The highest BCUT2D eigenvalue weighted by Gasteiger charge is 2.37. The van der Waals surface area contributed by atoms with Gasteiger partial charge >= 0.3 is 12.0 Å². The van der Waals surface area contributed by atoms with E-state index in [0.29, 0.717) is 33.9 Å². The molecule has 36 heavy (non-hydrogen) atoms. The van der Waals surface area contributed by atoms with Gasteiger partial charge in [0.25, 0.3) is 11.8 Å². The van der Waals surface area contributed by atoms with E-state index < -0.39 is 23.8 Å². The highest BCUT2D eigenvalue weighted by Crippen LogP contribution is 2.31. The number of nitrogens with one attached hydrogen (secondary N) is 1. The number of aromatic carboxylic acids is 1. The van der Waals surface area contributed by atoms with Crippen molar-refractivity contribution >= 4 is 35.6 Å². The molecule has 0 radical (unpaired) electrons. The minimum absolute atomic E-state index is 0.103. The third kappa shape index (κ3) is 4.95. The Morgan fingerprint density at radius 3 is 2.50 bits per heavy atom. The standard InChI is InChI=1S/C27H22N2O7/c1-16-6-3-4-9-21(16)29-25(31)20(24(30)28-27(29)34)13-17-10-11-22(23(14-17)35-2)36-15-18-7-5-8-19(12-18)26(32)33/h3-14H,15H2,1-2H3,(H,32,33)(H,28,30,34)/b20-13+. The summed E-state index contributed by atoms with van der Waals surface area (Å²) >= 11 is 0. The molecule has 0 bridgehead atoms. The molecule has 1 fully saturated rings. The van der Waals surface area contributed by atoms with Crippen molar-refractivity contribution in [2.24, 2.45) is 0 Å². The molecule has 2 N–H and O–H groups in total. The Balaban J connectivity index is 1.59. The van der Waals surface area contributed by atoms with E-state index in [9.17, 15) is 19.2 Å². The third-order valence-electron chi connectivity index (χ3n) is 5.52. The number of amides is 4. The number of methoxy groups -OCH3 is 1. The van der Waals surface area contributed by atoms with Gasteiger partial charge in [0.15, 0.2) is 11.5 Å². The minimum Gasteiger partial charge on any atom is -0.493 e. The molecular formula is C27H22N2O7. The Kier molecular flexibility index (Phi) is 6.82. The van der Waals surface area contributed by atoms with Crippen LogP contribution in [0.25, 0.3) is 6.08 Å². The maximum atomic E-state index is 13.1. The number of para-hydroxylation sites is 1. The van der Waals surface area contributed by atoms with E-state index in [1.54, 1.807) is 61.5 Å². The second-order valence-electron chi connectivity index (χ2n) is 7.95. The zero-order valence-corrected chi connectivity index (χ0v) is 19.5. The molecule has 1 saturated heterocycles. The fourth-order valence-corrected chi connectivity index (χ4v) is 3.71. The van der Waals surface area contributed by atoms with Gasteiger partial charge in [-0.25, -0.2) is 14.5 Å². The Morgan fingerprint density at radius 1 is 1.00 bits per heavy atom. The first-order chi connectivity index (χ1) is 17.3. The van der Waals surface area contributed by atoms with Crippen LogP contribution in [0.15, 0.2) is 72.3 Å². The van der Waals surface area contributed by atoms with Crippen molar-refractivity contribution in [2.75, 3.05) is 12.0 Å². The molecule has 0 aliphatic carbocycles. The molecule has 1 aliphatic rings. The summed E-state index contributed by atoms with van der Waals surface area (Å²) in [6, 6.07) is 17.3. The molecule has 4 rings (SSSR count). The Bertz CT molecular complexity index is 1410. The van der Waals surface area contributed by atoms with Gasteiger partial charge in [0.05, 0.1) is 18.4 Å².